The van der Waals surface area contributed by atoms with Crippen molar-refractivity contribution in [3.63, 3.8) is 0 Å². The van der Waals surface area contributed by atoms with Crippen molar-refractivity contribution in [2.24, 2.45) is 17.2 Å². The van der Waals surface area contributed by atoms with Gasteiger partial charge in [0.1, 0.15) is 18.3 Å². The number of alkyl carbamates (subject to hydrolysis) is 3. The zero-order valence-electron chi connectivity index (χ0n) is 71.2. The van der Waals surface area contributed by atoms with Crippen molar-refractivity contribution >= 4 is 107 Å². The molecule has 2 aromatic rings. The zero-order chi connectivity index (χ0) is 96.2. The quantitative estimate of drug-likeness (QED) is 0.0127. The Bertz CT molecular complexity index is 4360. The lowest BCUT2D eigenvalue weighted by Crippen LogP contribution is -2.65. The van der Waals surface area contributed by atoms with Crippen molar-refractivity contribution in [1.29, 1.82) is 16.2 Å². The summed E-state index contributed by atoms with van der Waals surface area (Å²) in [4.78, 5) is 198. The summed E-state index contributed by atoms with van der Waals surface area (Å²) in [6, 6.07) is -0.386. The van der Waals surface area contributed by atoms with Crippen molar-refractivity contribution in [3.05, 3.63) is 105 Å². The van der Waals surface area contributed by atoms with Gasteiger partial charge in [0.05, 0.1) is 61.6 Å². The summed E-state index contributed by atoms with van der Waals surface area (Å²) >= 11 is 0. The van der Waals surface area contributed by atoms with Crippen molar-refractivity contribution in [2.75, 3.05) is 85.3 Å². The molecule has 15 atom stereocenters. The number of hydrogen-bond donors (Lipinski definition) is 28. The van der Waals surface area contributed by atoms with E-state index in [1.54, 1.807) is 0 Å². The summed E-state index contributed by atoms with van der Waals surface area (Å²) in [7, 11) is 0. The van der Waals surface area contributed by atoms with E-state index in [1.807, 2.05) is 0 Å². The summed E-state index contributed by atoms with van der Waals surface area (Å²) in [5, 5.41) is 155. The Morgan fingerprint density at radius 3 is 0.815 bits per heavy atom. The minimum atomic E-state index is -1.88. The molecule has 4 aliphatic rings. The molecule has 0 saturated carbocycles. The number of hydrogen-bond acceptors (Lipinski definition) is 30. The third-order valence-corrected chi connectivity index (χ3v) is 20.3. The first-order chi connectivity index (χ1) is 61.6. The first-order valence-corrected chi connectivity index (χ1v) is 41.3. The summed E-state index contributed by atoms with van der Waals surface area (Å²) in [5.74, 6) is -15.7. The number of carbonyl (C=O) groups excluding carboxylic acids is 11. The minimum Gasteiger partial charge on any atom is -0.478 e. The third kappa shape index (κ3) is 32.7. The number of piperazine rings is 1. The molecule has 716 valence electrons. The van der Waals surface area contributed by atoms with Gasteiger partial charge in [0, 0.05) is 114 Å². The Balaban J connectivity index is 1.05. The molecule has 0 spiro atoms. The van der Waals surface area contributed by atoms with E-state index in [-0.39, 0.29) is 93.3 Å². The molecule has 2 aromatic carbocycles. The Labute approximate surface area is 742 Å². The predicted molar refractivity (Wildman–Crippen MR) is 449 cm³/mol. The fourth-order valence-electron chi connectivity index (χ4n) is 14.2. The molecule has 4 heterocycles. The Morgan fingerprint density at radius 1 is 0.362 bits per heavy atom. The summed E-state index contributed by atoms with van der Waals surface area (Å²) in [5.41, 5.74) is 15.5. The molecular formula is C79H114N20O31. The number of amides is 11. The van der Waals surface area contributed by atoms with Crippen LogP contribution in [0.5, 0.6) is 0 Å². The van der Waals surface area contributed by atoms with Gasteiger partial charge in [-0.2, -0.15) is 0 Å². The first-order valence-electron chi connectivity index (χ1n) is 41.3. The van der Waals surface area contributed by atoms with E-state index in [1.165, 1.54) is 34.1 Å². The van der Waals surface area contributed by atoms with Crippen LogP contribution in [0.15, 0.2) is 71.9 Å². The number of aliphatic hydroxyl groups excluding tert-OH is 6. The van der Waals surface area contributed by atoms with Gasteiger partial charge >= 0.3 is 42.2 Å². The standard InChI is InChI=1S/C79H114N20O31/c1-38(103)92-56-47(95-74(80)81)32-53(71(116)117)125-62(56)59(50(106)35-100)128-77(122)89-19-13-7-4-10-16-86-65(109)41-26-42(66(110)87-17-11-5-8-14-20-90-78(123)129-60(51(107)36-101)63-57(93-39(2)104)48(96-75(82)83)33-54(126-63)72(118)119)28-44(27-41)68(112)98-22-24-99(25-23-98)69(113)45-29-43(30-46(31-45)70(114)115)67(111)88-18-12-6-9-15-21-91-79(124)130-61(52(108)37-102)64-58(94-40(3)105)49(97-76(84)85)34-55(127-64)73(120)121/h26-34,47-52,56-64,100-102,106-108H,4-25,35-37H2,1-3H3,(H,86,109)(H,87,110)(H,88,111)(H,89,122)(H,90,123)(H,91,124)(H,92,103)(H,93,104)(H,94,105)(H,114,115)(H,116,117)(H,118,119)(H,120,121)(H4,80,81,95)(H4,82,83,96)(H4,84,85,97)/t47-,48-,49-,50+,51+,52+,56+,57+,58+,59+,60+,61+,62+,63+,64+/m0/s1. The highest BCUT2D eigenvalue weighted by Crippen LogP contribution is 2.30. The maximum absolute atomic E-state index is 14.5. The molecule has 11 amide bonds. The molecule has 130 heavy (non-hydrogen) atoms. The van der Waals surface area contributed by atoms with Gasteiger partial charge in [-0.3, -0.25) is 54.6 Å². The van der Waals surface area contributed by atoms with E-state index in [0.29, 0.717) is 77.0 Å². The second kappa shape index (κ2) is 51.8. The average Bonchev–Trinajstić information content (AvgIpc) is 0.797. The molecule has 0 aromatic heterocycles. The lowest BCUT2D eigenvalue weighted by Gasteiger charge is -2.41. The first kappa shape index (κ1) is 105. The van der Waals surface area contributed by atoms with Crippen LogP contribution in [0, 0.1) is 16.2 Å². The van der Waals surface area contributed by atoms with Crippen LogP contribution in [-0.2, 0) is 57.2 Å². The number of aliphatic hydroxyl groups is 6. The smallest absolute Gasteiger partial charge is 0.407 e. The van der Waals surface area contributed by atoms with Crippen molar-refractivity contribution in [1.82, 2.24) is 73.6 Å². The lowest BCUT2D eigenvalue weighted by molar-refractivity contribution is -0.147. The zero-order valence-corrected chi connectivity index (χ0v) is 71.2. The molecule has 31 N–H and O–H groups in total. The number of unbranched alkanes of at least 4 members (excludes halogenated alkanes) is 9. The van der Waals surface area contributed by atoms with Gasteiger partial charge in [-0.05, 0) is 93.2 Å². The van der Waals surface area contributed by atoms with E-state index >= 15 is 0 Å². The van der Waals surface area contributed by atoms with E-state index in [4.69, 9.17) is 61.9 Å². The van der Waals surface area contributed by atoms with Crippen molar-refractivity contribution < 1.29 is 151 Å². The number of guanidine groups is 3. The van der Waals surface area contributed by atoms with Gasteiger partial charge in [-0.1, -0.05) is 38.5 Å². The molecule has 51 heteroatoms. The maximum Gasteiger partial charge on any atom is 0.407 e. The number of nitrogens with zero attached hydrogens (tertiary/aromatic N) is 2. The molecule has 4 aliphatic heterocycles. The van der Waals surface area contributed by atoms with Crippen LogP contribution in [0.25, 0.3) is 0 Å². The highest BCUT2D eigenvalue weighted by atomic mass is 16.6. The molecule has 1 fully saturated rings. The molecule has 0 radical (unpaired) electrons. The summed E-state index contributed by atoms with van der Waals surface area (Å²) in [6.07, 6.45) is -11.4. The van der Waals surface area contributed by atoms with Gasteiger partial charge in [0.15, 0.2) is 54.5 Å². The molecule has 0 unspecified atom stereocenters. The topological polar surface area (TPSA) is 814 Å². The highest BCUT2D eigenvalue weighted by Gasteiger charge is 2.50. The summed E-state index contributed by atoms with van der Waals surface area (Å²) in [6.45, 7) is 0.0511. The third-order valence-electron chi connectivity index (χ3n) is 20.3. The largest absolute Gasteiger partial charge is 0.478 e. The highest BCUT2D eigenvalue weighted by molar-refractivity contribution is 6.06. The maximum atomic E-state index is 14.5. The van der Waals surface area contributed by atoms with E-state index in [9.17, 15) is 123 Å². The van der Waals surface area contributed by atoms with Crippen LogP contribution in [0.1, 0.15) is 160 Å². The van der Waals surface area contributed by atoms with Gasteiger partial charge in [0.25, 0.3) is 29.5 Å². The second-order valence-electron chi connectivity index (χ2n) is 30.3. The minimum absolute atomic E-state index is 0.00109. The van der Waals surface area contributed by atoms with Gasteiger partial charge < -0.3 is 170 Å². The number of carboxylic acids is 4. The van der Waals surface area contributed by atoms with Crippen LogP contribution in [0.4, 0.5) is 14.4 Å². The van der Waals surface area contributed by atoms with Gasteiger partial charge in [-0.25, -0.2) is 33.6 Å². The monoisotopic (exact) mass is 1840 g/mol. The van der Waals surface area contributed by atoms with Gasteiger partial charge in [0.2, 0.25) is 35.0 Å². The van der Waals surface area contributed by atoms with Crippen molar-refractivity contribution in [2.45, 2.75) is 189 Å². The summed E-state index contributed by atoms with van der Waals surface area (Å²) < 4.78 is 32.9. The van der Waals surface area contributed by atoms with Gasteiger partial charge in [-0.15, -0.1) is 0 Å². The van der Waals surface area contributed by atoms with Crippen LogP contribution >= 0.6 is 0 Å². The predicted octanol–water partition coefficient (Wildman–Crippen LogP) is -5.63. The Kier molecular flexibility index (Phi) is 41.8. The number of carboxylic acid groups (broad SMARTS) is 4. The van der Waals surface area contributed by atoms with E-state index in [0.717, 1.165) is 51.1 Å². The number of aromatic carboxylic acids is 1. The van der Waals surface area contributed by atoms with Crippen LogP contribution in [0.3, 0.4) is 0 Å². The number of benzene rings is 2. The Hall–Kier alpha value is -13.9. The number of ether oxygens (including phenoxy) is 6. The molecule has 0 bridgehead atoms. The normalized spacial score (nSPS) is 20.0. The molecule has 51 nitrogen and oxygen atoms in total. The number of nitrogens with one attached hydrogen (secondary N) is 15. The molecule has 0 aliphatic carbocycles. The molecule has 1 saturated heterocycles. The van der Waals surface area contributed by atoms with E-state index < -0.39 is 241 Å². The number of carbonyl (C=O) groups is 15. The van der Waals surface area contributed by atoms with Crippen molar-refractivity contribution in [3.8, 4) is 0 Å². The van der Waals surface area contributed by atoms with Crippen LogP contribution in [-0.4, -0.2) is 345 Å². The fourth-order valence-corrected chi connectivity index (χ4v) is 14.2. The average molecular weight is 1840 g/mol. The number of rotatable bonds is 48. The SMILES string of the molecule is CC(=O)N[C@H]1[C@H]([C@H](OC(=O)NCCCCCCNC(=O)c2cc(C(=O)O)cc(C(=O)N3CCN(C(=O)c4cc(C(=O)NCCCCCCNC(=O)O[C@@H]([C@@H]5OC(C(=O)O)=C[C@H](NC(=N)N)[C@H]5NC(C)=O)[C@H](O)CO)cc(C(=O)NCCCCCCNC(=O)O[C@@H]([C@@H]5OC(C(=O)O)=C[C@H](NC(=N)N)[C@H]5NC(C)=O)[C@H](O)CO)c4)CC3)c2)[C@H](O)CO)OC(C(=O)O)=C[C@@H]1NC(=N)N. The molecular weight excluding hydrogens is 1720 g/mol. The van der Waals surface area contributed by atoms with Crippen LogP contribution in [0.2, 0.25) is 0 Å². The Morgan fingerprint density at radius 2 is 0.592 bits per heavy atom. The number of nitrogens with two attached hydrogens (primary N) is 3. The fraction of sp³-hybridized carbons (Fsp3) is 0.544. The lowest BCUT2D eigenvalue weighted by atomic mass is 9.92. The van der Waals surface area contributed by atoms with E-state index in [2.05, 4.69) is 63.8 Å². The second-order valence-corrected chi connectivity index (χ2v) is 30.3. The molecule has 6 rings (SSSR count). The van der Waals surface area contributed by atoms with Crippen LogP contribution < -0.4 is 81.0 Å². The number of aliphatic carboxylic acids is 3.